The van der Waals surface area contributed by atoms with Gasteiger partial charge in [0.1, 0.15) is 0 Å². The van der Waals surface area contributed by atoms with E-state index in [-0.39, 0.29) is 0 Å². The summed E-state index contributed by atoms with van der Waals surface area (Å²) in [6.07, 6.45) is 6.78. The van der Waals surface area contributed by atoms with E-state index in [2.05, 4.69) is 34.6 Å². The number of hydrogen-bond acceptors (Lipinski definition) is 0. The third-order valence-corrected chi connectivity index (χ3v) is 2.28. The second kappa shape index (κ2) is 7.41. The van der Waals surface area contributed by atoms with Crippen molar-refractivity contribution in [2.75, 3.05) is 0 Å². The maximum absolute atomic E-state index is 2.33. The van der Waals surface area contributed by atoms with Crippen molar-refractivity contribution in [3.8, 4) is 0 Å². The molecule has 0 saturated carbocycles. The van der Waals surface area contributed by atoms with Gasteiger partial charge in [-0.2, -0.15) is 0 Å². The Morgan fingerprint density at radius 1 is 0.923 bits per heavy atom. The molecular weight excluding hydrogens is 156 g/mol. The van der Waals surface area contributed by atoms with Crippen molar-refractivity contribution in [3.63, 3.8) is 0 Å². The van der Waals surface area contributed by atoms with Crippen molar-refractivity contribution < 1.29 is 0 Å². The Balaban J connectivity index is 3.73. The molecule has 0 fully saturated rings. The van der Waals surface area contributed by atoms with Gasteiger partial charge in [0.25, 0.3) is 0 Å². The summed E-state index contributed by atoms with van der Waals surface area (Å²) in [5.74, 6) is 3.48. The van der Waals surface area contributed by atoms with Crippen LogP contribution >= 0.6 is 0 Å². The molecule has 0 aromatic heterocycles. The van der Waals surface area contributed by atoms with Crippen LogP contribution in [0.25, 0.3) is 0 Å². The van der Waals surface area contributed by atoms with Gasteiger partial charge in [0.2, 0.25) is 0 Å². The zero-order chi connectivity index (χ0) is 10.3. The van der Waals surface area contributed by atoms with Crippen LogP contribution < -0.4 is 0 Å². The van der Waals surface area contributed by atoms with Crippen molar-refractivity contribution in [3.05, 3.63) is 5.92 Å². The van der Waals surface area contributed by atoms with Crippen LogP contribution in [0.1, 0.15) is 66.7 Å². The second-order valence-corrected chi connectivity index (χ2v) is 5.05. The van der Waals surface area contributed by atoms with Gasteiger partial charge < -0.3 is 0 Å². The Morgan fingerprint density at radius 3 is 1.69 bits per heavy atom. The molecule has 0 heteroatoms. The maximum atomic E-state index is 2.33. The highest BCUT2D eigenvalue weighted by Crippen LogP contribution is 2.26. The first-order valence-electron chi connectivity index (χ1n) is 5.89. The first kappa shape index (κ1) is 13.0. The summed E-state index contributed by atoms with van der Waals surface area (Å²) in [6.45, 7) is 11.6. The third kappa shape index (κ3) is 8.33. The molecule has 0 rings (SSSR count). The number of hydrogen-bond donors (Lipinski definition) is 0. The summed E-state index contributed by atoms with van der Waals surface area (Å²) in [5, 5.41) is 0. The van der Waals surface area contributed by atoms with Crippen LogP contribution in [0.2, 0.25) is 0 Å². The van der Waals surface area contributed by atoms with E-state index in [1.807, 2.05) is 0 Å². The van der Waals surface area contributed by atoms with Gasteiger partial charge >= 0.3 is 0 Å². The molecule has 0 aliphatic heterocycles. The first-order chi connectivity index (χ1) is 6.06. The minimum absolute atomic E-state index is 0.839. The average Bonchev–Trinajstić information content (AvgIpc) is 1.98. The zero-order valence-corrected chi connectivity index (χ0v) is 10.2. The Hall–Kier alpha value is 0. The maximum Gasteiger partial charge on any atom is -0.0236 e. The molecule has 0 aromatic rings. The topological polar surface area (TPSA) is 0 Å². The van der Waals surface area contributed by atoms with E-state index in [4.69, 9.17) is 0 Å². The van der Waals surface area contributed by atoms with Crippen molar-refractivity contribution in [1.29, 1.82) is 0 Å². The van der Waals surface area contributed by atoms with Crippen LogP contribution in [0.4, 0.5) is 0 Å². The minimum Gasteiger partial charge on any atom is -0.0654 e. The van der Waals surface area contributed by atoms with Crippen LogP contribution in [0.15, 0.2) is 0 Å². The van der Waals surface area contributed by atoms with Gasteiger partial charge in [0, 0.05) is 0 Å². The molecular formula is C13H27. The lowest BCUT2D eigenvalue weighted by Gasteiger charge is -2.20. The van der Waals surface area contributed by atoms with Gasteiger partial charge in [-0.3, -0.25) is 0 Å². The normalized spacial score (nSPS) is 12.0. The molecule has 0 unspecified atom stereocenters. The summed E-state index contributed by atoms with van der Waals surface area (Å²) >= 11 is 0. The monoisotopic (exact) mass is 183 g/mol. The highest BCUT2D eigenvalue weighted by Gasteiger charge is 2.12. The molecule has 0 heterocycles. The summed E-state index contributed by atoms with van der Waals surface area (Å²) in [5.41, 5.74) is 0. The Kier molecular flexibility index (Phi) is 7.41. The van der Waals surface area contributed by atoms with E-state index in [9.17, 15) is 0 Å². The number of rotatable bonds is 7. The Bertz CT molecular complexity index is 92.6. The standard InChI is InChI=1S/C13H27/c1-6-7-8-13(9-11(2)3)10-12(4)5/h11-12H,6-10H2,1-5H3. The third-order valence-electron chi connectivity index (χ3n) is 2.28. The molecule has 0 bridgehead atoms. The van der Waals surface area contributed by atoms with Crippen LogP contribution in [0.5, 0.6) is 0 Å². The van der Waals surface area contributed by atoms with E-state index in [0.717, 1.165) is 11.8 Å². The summed E-state index contributed by atoms with van der Waals surface area (Å²) < 4.78 is 0. The minimum atomic E-state index is 0.839. The summed E-state index contributed by atoms with van der Waals surface area (Å²) in [7, 11) is 0. The van der Waals surface area contributed by atoms with E-state index < -0.39 is 0 Å². The van der Waals surface area contributed by atoms with Crippen molar-refractivity contribution >= 4 is 0 Å². The van der Waals surface area contributed by atoms with Gasteiger partial charge in [-0.05, 0) is 37.0 Å². The predicted octanol–water partition coefficient (Wildman–Crippen LogP) is 4.84. The molecule has 0 N–H and O–H groups in total. The van der Waals surface area contributed by atoms with Crippen LogP contribution in [0, 0.1) is 17.8 Å². The van der Waals surface area contributed by atoms with E-state index in [0.29, 0.717) is 0 Å². The average molecular weight is 183 g/mol. The second-order valence-electron chi connectivity index (χ2n) is 5.05. The molecule has 79 valence electrons. The molecule has 0 saturated heterocycles. The van der Waals surface area contributed by atoms with Crippen molar-refractivity contribution in [2.24, 2.45) is 11.8 Å². The molecule has 0 aliphatic rings. The molecule has 13 heavy (non-hydrogen) atoms. The van der Waals surface area contributed by atoms with Crippen LogP contribution in [-0.2, 0) is 0 Å². The first-order valence-corrected chi connectivity index (χ1v) is 5.89. The lowest BCUT2D eigenvalue weighted by molar-refractivity contribution is 0.476. The summed E-state index contributed by atoms with van der Waals surface area (Å²) in [4.78, 5) is 0. The molecule has 0 aliphatic carbocycles. The SMILES string of the molecule is CCCC[C](CC(C)C)CC(C)C. The molecule has 0 aromatic carbocycles. The smallest absolute Gasteiger partial charge is 0.0236 e. The van der Waals surface area contributed by atoms with Crippen molar-refractivity contribution in [1.82, 2.24) is 0 Å². The molecule has 0 spiro atoms. The Morgan fingerprint density at radius 2 is 1.38 bits per heavy atom. The van der Waals surface area contributed by atoms with E-state index in [1.54, 1.807) is 5.92 Å². The fourth-order valence-corrected chi connectivity index (χ4v) is 1.87. The highest BCUT2D eigenvalue weighted by atomic mass is 14.2. The van der Waals surface area contributed by atoms with Gasteiger partial charge in [-0.25, -0.2) is 0 Å². The predicted molar refractivity (Wildman–Crippen MR) is 61.7 cm³/mol. The van der Waals surface area contributed by atoms with Gasteiger partial charge in [0.15, 0.2) is 0 Å². The Labute approximate surface area is 85.1 Å². The summed E-state index contributed by atoms with van der Waals surface area (Å²) in [6, 6.07) is 0. The molecule has 0 atom stereocenters. The molecule has 0 nitrogen and oxygen atoms in total. The van der Waals surface area contributed by atoms with Gasteiger partial charge in [0.05, 0.1) is 0 Å². The fourth-order valence-electron chi connectivity index (χ4n) is 1.87. The van der Waals surface area contributed by atoms with Crippen LogP contribution in [-0.4, -0.2) is 0 Å². The van der Waals surface area contributed by atoms with Crippen molar-refractivity contribution in [2.45, 2.75) is 66.7 Å². The fraction of sp³-hybridized carbons (Fsp3) is 0.923. The zero-order valence-electron chi connectivity index (χ0n) is 10.2. The van der Waals surface area contributed by atoms with Gasteiger partial charge in [-0.15, -0.1) is 0 Å². The van der Waals surface area contributed by atoms with E-state index in [1.165, 1.54) is 32.1 Å². The highest BCUT2D eigenvalue weighted by molar-refractivity contribution is 4.90. The van der Waals surface area contributed by atoms with Crippen LogP contribution in [0.3, 0.4) is 0 Å². The largest absolute Gasteiger partial charge is 0.0654 e. The lowest BCUT2D eigenvalue weighted by atomic mass is 9.86. The van der Waals surface area contributed by atoms with Gasteiger partial charge in [-0.1, -0.05) is 47.5 Å². The quantitative estimate of drug-likeness (QED) is 0.529. The lowest BCUT2D eigenvalue weighted by Crippen LogP contribution is -2.05. The molecule has 1 radical (unpaired) electrons. The van der Waals surface area contributed by atoms with E-state index >= 15 is 0 Å². The molecule has 0 amide bonds. The number of unbranched alkanes of at least 4 members (excludes halogenated alkanes) is 1.